The fourth-order valence-corrected chi connectivity index (χ4v) is 0.845. The summed E-state index contributed by atoms with van der Waals surface area (Å²) in [6.45, 7) is 8.00. The number of hydrogen-bond acceptors (Lipinski definition) is 2. The van der Waals surface area contributed by atoms with Crippen LogP contribution in [0.2, 0.25) is 5.02 Å². The van der Waals surface area contributed by atoms with E-state index in [1.165, 1.54) is 6.21 Å². The summed E-state index contributed by atoms with van der Waals surface area (Å²) in [5.41, 5.74) is 0.840. The zero-order chi connectivity index (χ0) is 11.4. The van der Waals surface area contributed by atoms with Crippen LogP contribution >= 0.6 is 11.6 Å². The van der Waals surface area contributed by atoms with Crippen LogP contribution in [0.4, 0.5) is 0 Å². The van der Waals surface area contributed by atoms with Gasteiger partial charge in [0.15, 0.2) is 0 Å². The van der Waals surface area contributed by atoms with Crippen LogP contribution < -0.4 is 5.84 Å². The van der Waals surface area contributed by atoms with Crippen LogP contribution in [0.15, 0.2) is 29.4 Å². The molecule has 2 N–H and O–H groups in total. The van der Waals surface area contributed by atoms with E-state index >= 15 is 0 Å². The highest BCUT2D eigenvalue weighted by atomic mass is 35.5. The largest absolute Gasteiger partial charge is 0.323 e. The van der Waals surface area contributed by atoms with Crippen molar-refractivity contribution in [3.05, 3.63) is 34.9 Å². The van der Waals surface area contributed by atoms with Crippen LogP contribution in [0.3, 0.4) is 0 Å². The summed E-state index contributed by atoms with van der Waals surface area (Å²) >= 11 is 5.76. The highest BCUT2D eigenvalue weighted by molar-refractivity contribution is 6.33. The van der Waals surface area contributed by atoms with Crippen molar-refractivity contribution < 1.29 is 0 Å². The fraction of sp³-hybridized carbons (Fsp3) is 0.364. The molecule has 2 nitrogen and oxygen atoms in total. The Bertz CT molecular complexity index is 247. The zero-order valence-corrected chi connectivity index (χ0v) is 10.0. The van der Waals surface area contributed by atoms with Crippen molar-refractivity contribution in [3.8, 4) is 0 Å². The van der Waals surface area contributed by atoms with E-state index in [4.69, 9.17) is 17.4 Å². The maximum atomic E-state index is 5.76. The molecule has 0 aliphatic rings. The predicted molar refractivity (Wildman–Crippen MR) is 65.9 cm³/mol. The van der Waals surface area contributed by atoms with Crippen LogP contribution in [0.5, 0.6) is 0 Å². The Morgan fingerprint density at radius 1 is 1.14 bits per heavy atom. The maximum Gasteiger partial charge on any atom is 0.0553 e. The minimum Gasteiger partial charge on any atom is -0.323 e. The molecule has 80 valence electrons. The van der Waals surface area contributed by atoms with Crippen molar-refractivity contribution in [3.63, 3.8) is 0 Å². The van der Waals surface area contributed by atoms with Crippen molar-refractivity contribution in [2.75, 3.05) is 0 Å². The van der Waals surface area contributed by atoms with Crippen LogP contribution in [0, 0.1) is 0 Å². The van der Waals surface area contributed by atoms with Crippen LogP contribution in [-0.4, -0.2) is 6.21 Å². The van der Waals surface area contributed by atoms with Gasteiger partial charge in [-0.1, -0.05) is 57.5 Å². The molecule has 0 atom stereocenters. The summed E-state index contributed by atoms with van der Waals surface area (Å²) in [7, 11) is 0. The van der Waals surface area contributed by atoms with Gasteiger partial charge < -0.3 is 5.84 Å². The van der Waals surface area contributed by atoms with E-state index in [-0.39, 0.29) is 0 Å². The molecule has 0 aliphatic heterocycles. The van der Waals surface area contributed by atoms with Gasteiger partial charge in [0, 0.05) is 10.6 Å². The number of nitrogens with two attached hydrogens (primary N) is 1. The van der Waals surface area contributed by atoms with Gasteiger partial charge in [0.25, 0.3) is 0 Å². The highest BCUT2D eigenvalue weighted by Crippen LogP contribution is 2.11. The fourth-order valence-electron chi connectivity index (χ4n) is 0.660. The van der Waals surface area contributed by atoms with Gasteiger partial charge in [-0.2, -0.15) is 5.10 Å². The number of benzene rings is 1. The van der Waals surface area contributed by atoms with Crippen molar-refractivity contribution >= 4 is 17.8 Å². The SMILES string of the molecule is CC.CC.N/N=C/c1ccccc1Cl. The zero-order valence-electron chi connectivity index (χ0n) is 9.29. The molecule has 0 saturated carbocycles. The number of halogens is 1. The van der Waals surface area contributed by atoms with Crippen molar-refractivity contribution in [2.45, 2.75) is 27.7 Å². The molecule has 0 unspecified atom stereocenters. The lowest BCUT2D eigenvalue weighted by Crippen LogP contribution is -1.86. The van der Waals surface area contributed by atoms with E-state index < -0.39 is 0 Å². The molecular weight excluding hydrogens is 196 g/mol. The third-order valence-corrected chi connectivity index (χ3v) is 1.46. The third-order valence-electron chi connectivity index (χ3n) is 1.12. The Kier molecular flexibility index (Phi) is 13.2. The number of nitrogens with zero attached hydrogens (tertiary/aromatic N) is 1. The second-order valence-corrected chi connectivity index (χ2v) is 2.21. The maximum absolute atomic E-state index is 5.76. The normalized spacial score (nSPS) is 8.36. The average Bonchev–Trinajstić information content (AvgIpc) is 2.28. The van der Waals surface area contributed by atoms with Gasteiger partial charge >= 0.3 is 0 Å². The Morgan fingerprint density at radius 3 is 2.07 bits per heavy atom. The molecule has 3 heteroatoms. The van der Waals surface area contributed by atoms with Crippen LogP contribution in [0.1, 0.15) is 33.3 Å². The summed E-state index contributed by atoms with van der Waals surface area (Å²) in [4.78, 5) is 0. The number of hydrazone groups is 1. The van der Waals surface area contributed by atoms with Crippen LogP contribution in [-0.2, 0) is 0 Å². The highest BCUT2D eigenvalue weighted by Gasteiger charge is 1.91. The third kappa shape index (κ3) is 6.49. The monoisotopic (exact) mass is 214 g/mol. The van der Waals surface area contributed by atoms with Gasteiger partial charge in [0.1, 0.15) is 0 Å². The lowest BCUT2D eigenvalue weighted by molar-refractivity contribution is 1.26. The first kappa shape index (κ1) is 15.5. The molecule has 0 bridgehead atoms. The number of hydrogen-bond donors (Lipinski definition) is 1. The second-order valence-electron chi connectivity index (χ2n) is 1.80. The topological polar surface area (TPSA) is 38.4 Å². The molecule has 0 spiro atoms. The first-order valence-corrected chi connectivity index (χ1v) is 5.20. The smallest absolute Gasteiger partial charge is 0.0553 e. The van der Waals surface area contributed by atoms with Crippen molar-refractivity contribution in [1.82, 2.24) is 0 Å². The minimum absolute atomic E-state index is 0.664. The lowest BCUT2D eigenvalue weighted by Gasteiger charge is -1.92. The Balaban J connectivity index is 0. The molecule has 0 aromatic heterocycles. The minimum atomic E-state index is 0.664. The summed E-state index contributed by atoms with van der Waals surface area (Å²) in [5, 5.41) is 4.02. The molecule has 0 heterocycles. The Morgan fingerprint density at radius 2 is 1.64 bits per heavy atom. The quantitative estimate of drug-likeness (QED) is 0.432. The van der Waals surface area contributed by atoms with Crippen LogP contribution in [0.25, 0.3) is 0 Å². The molecule has 14 heavy (non-hydrogen) atoms. The summed E-state index contributed by atoms with van der Waals surface area (Å²) in [6, 6.07) is 7.37. The van der Waals surface area contributed by atoms with Gasteiger partial charge in [-0.25, -0.2) is 0 Å². The standard InChI is InChI=1S/C7H7ClN2.2C2H6/c8-7-4-2-1-3-6(7)5-10-9;2*1-2/h1-5H,9H2;2*1-2H3/b10-5+;;. The molecule has 0 saturated heterocycles. The average molecular weight is 215 g/mol. The molecule has 1 aromatic rings. The Hall–Kier alpha value is -1.02. The summed E-state index contributed by atoms with van der Waals surface area (Å²) in [6.07, 6.45) is 1.52. The predicted octanol–water partition coefficient (Wildman–Crippen LogP) is 3.69. The second kappa shape index (κ2) is 12.0. The molecule has 0 fully saturated rings. The van der Waals surface area contributed by atoms with Gasteiger partial charge in [-0.15, -0.1) is 0 Å². The van der Waals surface area contributed by atoms with E-state index in [0.29, 0.717) is 5.02 Å². The first-order chi connectivity index (χ1) is 6.84. The van der Waals surface area contributed by atoms with Gasteiger partial charge in [0.05, 0.1) is 6.21 Å². The first-order valence-electron chi connectivity index (χ1n) is 4.82. The van der Waals surface area contributed by atoms with Crippen molar-refractivity contribution in [1.29, 1.82) is 0 Å². The van der Waals surface area contributed by atoms with E-state index in [1.54, 1.807) is 6.07 Å². The van der Waals surface area contributed by atoms with Gasteiger partial charge in [0.2, 0.25) is 0 Å². The molecule has 1 aromatic carbocycles. The van der Waals surface area contributed by atoms with E-state index in [0.717, 1.165) is 5.56 Å². The van der Waals surface area contributed by atoms with Gasteiger partial charge in [-0.3, -0.25) is 0 Å². The number of rotatable bonds is 1. The summed E-state index contributed by atoms with van der Waals surface area (Å²) in [5.74, 6) is 4.94. The van der Waals surface area contributed by atoms with Gasteiger partial charge in [-0.05, 0) is 6.07 Å². The Labute approximate surface area is 91.8 Å². The molecule has 1 rings (SSSR count). The van der Waals surface area contributed by atoms with E-state index in [1.807, 2.05) is 45.9 Å². The van der Waals surface area contributed by atoms with E-state index in [2.05, 4.69) is 5.10 Å². The molecule has 0 aliphatic carbocycles. The lowest BCUT2D eigenvalue weighted by atomic mass is 10.2. The van der Waals surface area contributed by atoms with Crippen molar-refractivity contribution in [2.24, 2.45) is 10.9 Å². The molecular formula is C11H19ClN2. The molecule has 0 radical (unpaired) electrons. The van der Waals surface area contributed by atoms with E-state index in [9.17, 15) is 0 Å². The molecule has 0 amide bonds. The summed E-state index contributed by atoms with van der Waals surface area (Å²) < 4.78 is 0.